The molecule has 0 unspecified atom stereocenters. The van der Waals surface area contributed by atoms with Crippen molar-refractivity contribution in [2.24, 2.45) is 0 Å². The molecule has 1 aliphatic rings. The Bertz CT molecular complexity index is 721. The van der Waals surface area contributed by atoms with Gasteiger partial charge in [0.15, 0.2) is 11.6 Å². The molecule has 1 fully saturated rings. The predicted octanol–water partition coefficient (Wildman–Crippen LogP) is 2.77. The minimum Gasteiger partial charge on any atom is -0.353 e. The van der Waals surface area contributed by atoms with Gasteiger partial charge in [0.05, 0.1) is 5.69 Å². The Labute approximate surface area is 140 Å². The number of aromatic nitrogens is 3. The van der Waals surface area contributed by atoms with Crippen LogP contribution in [0.3, 0.4) is 0 Å². The molecule has 7 heteroatoms. The number of halogens is 2. The van der Waals surface area contributed by atoms with Crippen LogP contribution in [0.25, 0.3) is 0 Å². The highest BCUT2D eigenvalue weighted by Crippen LogP contribution is 2.28. The van der Waals surface area contributed by atoms with Gasteiger partial charge in [-0.15, -0.1) is 0 Å². The lowest BCUT2D eigenvalue weighted by Crippen LogP contribution is -2.47. The minimum absolute atomic E-state index is 0.335. The molecule has 0 aliphatic carbocycles. The molecule has 2 aromatic rings. The third-order valence-corrected chi connectivity index (χ3v) is 4.09. The first-order valence-electron chi connectivity index (χ1n) is 7.99. The Morgan fingerprint density at radius 1 is 0.958 bits per heavy atom. The van der Waals surface area contributed by atoms with E-state index in [9.17, 15) is 8.78 Å². The van der Waals surface area contributed by atoms with E-state index in [-0.39, 0.29) is 11.2 Å². The molecule has 3 heterocycles. The maximum atomic E-state index is 14.8. The molecular weight excluding hydrogens is 312 g/mol. The van der Waals surface area contributed by atoms with Gasteiger partial charge < -0.3 is 9.80 Å². The first-order chi connectivity index (χ1) is 11.4. The fraction of sp³-hybridized carbons (Fsp3) is 0.471. The summed E-state index contributed by atoms with van der Waals surface area (Å²) < 4.78 is 28.0. The fourth-order valence-corrected chi connectivity index (χ4v) is 2.82. The molecule has 0 spiro atoms. The first-order valence-corrected chi connectivity index (χ1v) is 7.99. The minimum atomic E-state index is -0.494. The van der Waals surface area contributed by atoms with E-state index in [0.29, 0.717) is 43.5 Å². The second-order valence-corrected chi connectivity index (χ2v) is 6.90. The number of piperazine rings is 1. The summed E-state index contributed by atoms with van der Waals surface area (Å²) in [5, 5.41) is 0. The molecule has 0 N–H and O–H groups in total. The Balaban J connectivity index is 1.76. The summed E-state index contributed by atoms with van der Waals surface area (Å²) >= 11 is 0. The van der Waals surface area contributed by atoms with E-state index in [0.717, 1.165) is 0 Å². The number of rotatable bonds is 2. The van der Waals surface area contributed by atoms with Gasteiger partial charge >= 0.3 is 0 Å². The highest BCUT2D eigenvalue weighted by molar-refractivity contribution is 5.46. The summed E-state index contributed by atoms with van der Waals surface area (Å²) in [6.07, 6.45) is 1.42. The average molecular weight is 333 g/mol. The Hall–Kier alpha value is -2.31. The topological polar surface area (TPSA) is 45.2 Å². The van der Waals surface area contributed by atoms with Gasteiger partial charge in [-0.3, -0.25) is 0 Å². The maximum absolute atomic E-state index is 14.8. The number of hydrogen-bond donors (Lipinski definition) is 0. The second-order valence-electron chi connectivity index (χ2n) is 6.90. The molecule has 24 heavy (non-hydrogen) atoms. The summed E-state index contributed by atoms with van der Waals surface area (Å²) in [5.74, 6) is 0.0869. The van der Waals surface area contributed by atoms with Crippen molar-refractivity contribution in [1.82, 2.24) is 15.0 Å². The third kappa shape index (κ3) is 3.29. The Morgan fingerprint density at radius 2 is 1.62 bits per heavy atom. The molecule has 0 atom stereocenters. The zero-order chi connectivity index (χ0) is 17.3. The molecule has 3 rings (SSSR count). The van der Waals surface area contributed by atoms with Crippen molar-refractivity contribution in [1.29, 1.82) is 0 Å². The van der Waals surface area contributed by atoms with Gasteiger partial charge in [0.25, 0.3) is 0 Å². The monoisotopic (exact) mass is 333 g/mol. The summed E-state index contributed by atoms with van der Waals surface area (Å²) in [4.78, 5) is 16.0. The molecule has 0 saturated carbocycles. The van der Waals surface area contributed by atoms with Crippen LogP contribution in [-0.2, 0) is 5.41 Å². The van der Waals surface area contributed by atoms with Gasteiger partial charge in [-0.2, -0.15) is 4.39 Å². The van der Waals surface area contributed by atoms with Crippen molar-refractivity contribution in [2.75, 3.05) is 36.0 Å². The molecule has 1 aliphatic heterocycles. The van der Waals surface area contributed by atoms with Crippen molar-refractivity contribution in [3.05, 3.63) is 42.0 Å². The number of hydrogen-bond acceptors (Lipinski definition) is 5. The lowest BCUT2D eigenvalue weighted by Gasteiger charge is -2.36. The smallest absolute Gasteiger partial charge is 0.214 e. The summed E-state index contributed by atoms with van der Waals surface area (Å²) in [5.41, 5.74) is 0.0384. The third-order valence-electron chi connectivity index (χ3n) is 4.09. The molecule has 0 radical (unpaired) electrons. The van der Waals surface area contributed by atoms with E-state index >= 15 is 0 Å². The van der Waals surface area contributed by atoms with Gasteiger partial charge in [-0.25, -0.2) is 19.3 Å². The van der Waals surface area contributed by atoms with Crippen LogP contribution < -0.4 is 9.80 Å². The van der Waals surface area contributed by atoms with Crippen molar-refractivity contribution >= 4 is 11.6 Å². The predicted molar refractivity (Wildman–Crippen MR) is 89.3 cm³/mol. The molecule has 0 amide bonds. The largest absolute Gasteiger partial charge is 0.353 e. The van der Waals surface area contributed by atoms with Crippen molar-refractivity contribution in [2.45, 2.75) is 26.2 Å². The summed E-state index contributed by atoms with van der Waals surface area (Å²) in [7, 11) is 0. The molecule has 128 valence electrons. The summed E-state index contributed by atoms with van der Waals surface area (Å²) in [6, 6.07) is 4.75. The van der Waals surface area contributed by atoms with Crippen LogP contribution in [0.2, 0.25) is 0 Å². The van der Waals surface area contributed by atoms with Gasteiger partial charge in [0.1, 0.15) is 12.1 Å². The van der Waals surface area contributed by atoms with Crippen LogP contribution >= 0.6 is 0 Å². The zero-order valence-electron chi connectivity index (χ0n) is 14.1. The highest BCUT2D eigenvalue weighted by Gasteiger charge is 2.27. The van der Waals surface area contributed by atoms with Crippen LogP contribution in [0, 0.1) is 11.8 Å². The van der Waals surface area contributed by atoms with Gasteiger partial charge in [-0.1, -0.05) is 26.8 Å². The zero-order valence-corrected chi connectivity index (χ0v) is 14.1. The molecule has 1 saturated heterocycles. The molecule has 5 nitrogen and oxygen atoms in total. The summed E-state index contributed by atoms with van der Waals surface area (Å²) in [6.45, 7) is 8.22. The van der Waals surface area contributed by atoms with Gasteiger partial charge in [0, 0.05) is 31.6 Å². The van der Waals surface area contributed by atoms with Crippen molar-refractivity contribution in [3.63, 3.8) is 0 Å². The molecule has 2 aromatic heterocycles. The lowest BCUT2D eigenvalue weighted by atomic mass is 9.91. The van der Waals surface area contributed by atoms with Crippen molar-refractivity contribution < 1.29 is 8.78 Å². The van der Waals surface area contributed by atoms with E-state index in [2.05, 4.69) is 15.0 Å². The quantitative estimate of drug-likeness (QED) is 0.791. The lowest BCUT2D eigenvalue weighted by molar-refractivity contribution is 0.492. The van der Waals surface area contributed by atoms with Crippen LogP contribution in [0.1, 0.15) is 26.5 Å². The highest BCUT2D eigenvalue weighted by atomic mass is 19.1. The van der Waals surface area contributed by atoms with Crippen LogP contribution in [0.5, 0.6) is 0 Å². The van der Waals surface area contributed by atoms with Gasteiger partial charge in [-0.05, 0) is 12.1 Å². The molecular formula is C17H21F2N5. The Morgan fingerprint density at radius 3 is 2.25 bits per heavy atom. The van der Waals surface area contributed by atoms with E-state index in [4.69, 9.17) is 0 Å². The van der Waals surface area contributed by atoms with E-state index in [1.54, 1.807) is 12.1 Å². The van der Waals surface area contributed by atoms with E-state index in [1.165, 1.54) is 12.4 Å². The van der Waals surface area contributed by atoms with Crippen LogP contribution in [0.15, 0.2) is 24.5 Å². The fourth-order valence-electron chi connectivity index (χ4n) is 2.82. The van der Waals surface area contributed by atoms with Crippen LogP contribution in [0.4, 0.5) is 20.4 Å². The molecule has 0 bridgehead atoms. The SMILES string of the molecule is CC(C)(C)c1ncnc(N2CCN(c3cccc(F)n3)CC2)c1F. The van der Waals surface area contributed by atoms with E-state index < -0.39 is 5.95 Å². The van der Waals surface area contributed by atoms with Crippen LogP contribution in [-0.4, -0.2) is 41.1 Å². The maximum Gasteiger partial charge on any atom is 0.214 e. The number of nitrogens with zero attached hydrogens (tertiary/aromatic N) is 5. The standard InChI is InChI=1S/C17H21F2N5/c1-17(2,3)15-14(19)16(21-11-20-15)24-9-7-23(8-10-24)13-6-4-5-12(18)22-13/h4-6,11H,7-10H2,1-3H3. The van der Waals surface area contributed by atoms with E-state index in [1.807, 2.05) is 30.6 Å². The normalized spacial score (nSPS) is 15.7. The Kier molecular flexibility index (Phi) is 4.34. The van der Waals surface area contributed by atoms with Gasteiger partial charge in [0.2, 0.25) is 5.95 Å². The average Bonchev–Trinajstić information content (AvgIpc) is 2.54. The second kappa shape index (κ2) is 6.30. The number of anilines is 2. The van der Waals surface area contributed by atoms with Crippen molar-refractivity contribution in [3.8, 4) is 0 Å². The molecule has 0 aromatic carbocycles. The number of pyridine rings is 1. The first kappa shape index (κ1) is 16.5.